The zero-order valence-electron chi connectivity index (χ0n) is 10.3. The van der Waals surface area contributed by atoms with Crippen LogP contribution in [0.15, 0.2) is 15.9 Å². The van der Waals surface area contributed by atoms with Crippen molar-refractivity contribution in [3.05, 3.63) is 20.8 Å². The van der Waals surface area contributed by atoms with Crippen molar-refractivity contribution in [2.75, 3.05) is 26.2 Å². The van der Waals surface area contributed by atoms with Gasteiger partial charge < -0.3 is 5.32 Å². The smallest absolute Gasteiger partial charge is 0.312 e. The maximum absolute atomic E-state index is 12.2. The molecule has 7 heteroatoms. The lowest BCUT2D eigenvalue weighted by molar-refractivity contribution is -0.143. The summed E-state index contributed by atoms with van der Waals surface area (Å²) in [7, 11) is 0. The molecule has 1 unspecified atom stereocenters. The Hall–Kier alpha value is -0.110. The van der Waals surface area contributed by atoms with E-state index >= 15 is 0 Å². The highest BCUT2D eigenvalue weighted by molar-refractivity contribution is 9.11. The Morgan fingerprint density at radius 3 is 2.84 bits per heavy atom. The molecule has 2 nitrogen and oxygen atoms in total. The summed E-state index contributed by atoms with van der Waals surface area (Å²) in [4.78, 5) is 2.73. The number of nitrogens with zero attached hydrogens (tertiary/aromatic N) is 1. The van der Waals surface area contributed by atoms with Gasteiger partial charge in [-0.15, -0.1) is 11.3 Å². The Kier molecular flexibility index (Phi) is 5.28. The van der Waals surface area contributed by atoms with E-state index in [0.29, 0.717) is 19.0 Å². The lowest BCUT2D eigenvalue weighted by Crippen LogP contribution is -2.33. The van der Waals surface area contributed by atoms with Gasteiger partial charge in [0.1, 0.15) is 0 Å². The minimum absolute atomic E-state index is 0.325. The second-order valence-corrected chi connectivity index (χ2v) is 7.39. The highest BCUT2D eigenvalue weighted by Gasteiger charge is 2.34. The van der Waals surface area contributed by atoms with Crippen molar-refractivity contribution in [1.82, 2.24) is 10.2 Å². The number of hydrogen-bond acceptors (Lipinski definition) is 3. The van der Waals surface area contributed by atoms with Crippen LogP contribution in [0.25, 0.3) is 0 Å². The summed E-state index contributed by atoms with van der Waals surface area (Å²) in [6.45, 7) is 1.88. The first-order chi connectivity index (χ1) is 8.92. The summed E-state index contributed by atoms with van der Waals surface area (Å²) in [5.74, 6) is 0.325. The standard InChI is InChI=1S/C12H16BrF3N2S/c13-11-2-1-10(19-11)6-17-5-9-3-4-18(7-9)8-12(14,15)16/h1-2,9,17H,3-8H2. The number of halogens is 4. The normalized spacial score (nSPS) is 21.2. The molecule has 108 valence electrons. The van der Waals surface area contributed by atoms with Gasteiger partial charge in [0.2, 0.25) is 0 Å². The molecule has 1 atom stereocenters. The monoisotopic (exact) mass is 356 g/mol. The van der Waals surface area contributed by atoms with Crippen LogP contribution < -0.4 is 5.32 Å². The zero-order valence-corrected chi connectivity index (χ0v) is 12.7. The van der Waals surface area contributed by atoms with E-state index in [4.69, 9.17) is 0 Å². The third-order valence-corrected chi connectivity index (χ3v) is 4.76. The third kappa shape index (κ3) is 5.41. The minimum Gasteiger partial charge on any atom is -0.312 e. The molecule has 0 spiro atoms. The predicted molar refractivity (Wildman–Crippen MR) is 74.3 cm³/mol. The Morgan fingerprint density at radius 2 is 2.21 bits per heavy atom. The van der Waals surface area contributed by atoms with E-state index < -0.39 is 12.7 Å². The van der Waals surface area contributed by atoms with Crippen molar-refractivity contribution in [2.45, 2.75) is 19.1 Å². The maximum Gasteiger partial charge on any atom is 0.401 e. The van der Waals surface area contributed by atoms with Crippen LogP contribution in [0.4, 0.5) is 13.2 Å². The van der Waals surface area contributed by atoms with Crippen LogP contribution in [0.3, 0.4) is 0 Å². The van der Waals surface area contributed by atoms with Crippen LogP contribution in [0.5, 0.6) is 0 Å². The first kappa shape index (κ1) is 15.3. The fourth-order valence-corrected chi connectivity index (χ4v) is 3.78. The Labute approximate surface area is 123 Å². The van der Waals surface area contributed by atoms with Gasteiger partial charge >= 0.3 is 6.18 Å². The summed E-state index contributed by atoms with van der Waals surface area (Å²) < 4.78 is 37.8. The molecule has 2 rings (SSSR count). The summed E-state index contributed by atoms with van der Waals surface area (Å²) in [6.07, 6.45) is -3.23. The van der Waals surface area contributed by atoms with Crippen LogP contribution >= 0.6 is 27.3 Å². The lowest BCUT2D eigenvalue weighted by Gasteiger charge is -2.17. The van der Waals surface area contributed by atoms with Gasteiger partial charge in [-0.1, -0.05) is 0 Å². The van der Waals surface area contributed by atoms with Crippen LogP contribution in [0.2, 0.25) is 0 Å². The summed E-state index contributed by atoms with van der Waals surface area (Å²) >= 11 is 5.08. The third-order valence-electron chi connectivity index (χ3n) is 3.13. The highest BCUT2D eigenvalue weighted by Crippen LogP contribution is 2.23. The van der Waals surface area contributed by atoms with Crippen molar-refractivity contribution in [3.8, 4) is 0 Å². The Bertz CT molecular complexity index is 408. The quantitative estimate of drug-likeness (QED) is 0.868. The van der Waals surface area contributed by atoms with E-state index in [0.717, 1.165) is 23.3 Å². The molecule has 1 aliphatic heterocycles. The molecule has 2 heterocycles. The Balaban J connectivity index is 1.65. The van der Waals surface area contributed by atoms with Crippen molar-refractivity contribution in [1.29, 1.82) is 0 Å². The average Bonchev–Trinajstić information content (AvgIpc) is 2.86. The van der Waals surface area contributed by atoms with Crippen molar-refractivity contribution < 1.29 is 13.2 Å². The summed E-state index contributed by atoms with van der Waals surface area (Å²) in [5.41, 5.74) is 0. The fraction of sp³-hybridized carbons (Fsp3) is 0.667. The van der Waals surface area contributed by atoms with Gasteiger partial charge in [0.15, 0.2) is 0 Å². The molecular weight excluding hydrogens is 341 g/mol. The fourth-order valence-electron chi connectivity index (χ4n) is 2.32. The number of rotatable bonds is 5. The number of thiophene rings is 1. The summed E-state index contributed by atoms with van der Waals surface area (Å²) in [6, 6.07) is 4.05. The zero-order chi connectivity index (χ0) is 13.9. The first-order valence-corrected chi connectivity index (χ1v) is 7.77. The molecule has 0 saturated carbocycles. The second-order valence-electron chi connectivity index (χ2n) is 4.84. The van der Waals surface area contributed by atoms with Gasteiger partial charge in [0, 0.05) is 18.0 Å². The van der Waals surface area contributed by atoms with Crippen LogP contribution in [0, 0.1) is 5.92 Å². The van der Waals surface area contributed by atoms with Crippen molar-refractivity contribution >= 4 is 27.3 Å². The largest absolute Gasteiger partial charge is 0.401 e. The summed E-state index contributed by atoms with van der Waals surface area (Å²) in [5, 5.41) is 3.32. The SMILES string of the molecule is FC(F)(F)CN1CCC(CNCc2ccc(Br)s2)C1. The van der Waals surface area contributed by atoms with Crippen molar-refractivity contribution in [3.63, 3.8) is 0 Å². The van der Waals surface area contributed by atoms with Crippen LogP contribution in [0.1, 0.15) is 11.3 Å². The molecule has 1 fully saturated rings. The number of likely N-dealkylation sites (tertiary alicyclic amines) is 1. The molecule has 0 amide bonds. The van der Waals surface area contributed by atoms with Gasteiger partial charge in [-0.05, 0) is 53.5 Å². The van der Waals surface area contributed by atoms with Gasteiger partial charge in [0.25, 0.3) is 0 Å². The van der Waals surface area contributed by atoms with Crippen LogP contribution in [-0.4, -0.2) is 37.3 Å². The average molecular weight is 357 g/mol. The van der Waals surface area contributed by atoms with E-state index in [1.807, 2.05) is 12.1 Å². The molecule has 1 aliphatic rings. The minimum atomic E-state index is -4.08. The molecule has 1 aromatic rings. The van der Waals surface area contributed by atoms with Gasteiger partial charge in [-0.3, -0.25) is 4.90 Å². The highest BCUT2D eigenvalue weighted by atomic mass is 79.9. The van der Waals surface area contributed by atoms with Crippen LogP contribution in [-0.2, 0) is 6.54 Å². The van der Waals surface area contributed by atoms with E-state index in [9.17, 15) is 13.2 Å². The topological polar surface area (TPSA) is 15.3 Å². The molecule has 0 radical (unpaired) electrons. The molecular formula is C12H16BrF3N2S. The van der Waals surface area contributed by atoms with Gasteiger partial charge in [-0.25, -0.2) is 0 Å². The second kappa shape index (κ2) is 6.56. The predicted octanol–water partition coefficient (Wildman–Crippen LogP) is 3.48. The molecule has 19 heavy (non-hydrogen) atoms. The molecule has 1 saturated heterocycles. The van der Waals surface area contributed by atoms with Gasteiger partial charge in [0.05, 0.1) is 10.3 Å². The molecule has 0 bridgehead atoms. The molecule has 1 aromatic heterocycles. The number of nitrogens with one attached hydrogen (secondary N) is 1. The van der Waals surface area contributed by atoms with E-state index in [1.54, 1.807) is 11.3 Å². The van der Waals surface area contributed by atoms with E-state index in [-0.39, 0.29) is 0 Å². The molecule has 0 aliphatic carbocycles. The van der Waals surface area contributed by atoms with E-state index in [1.165, 1.54) is 9.78 Å². The Morgan fingerprint density at radius 1 is 1.42 bits per heavy atom. The lowest BCUT2D eigenvalue weighted by atomic mass is 10.1. The molecule has 0 aromatic carbocycles. The van der Waals surface area contributed by atoms with Gasteiger partial charge in [-0.2, -0.15) is 13.2 Å². The van der Waals surface area contributed by atoms with E-state index in [2.05, 4.69) is 21.2 Å². The number of alkyl halides is 3. The number of hydrogen-bond donors (Lipinski definition) is 1. The molecule has 1 N–H and O–H groups in total. The maximum atomic E-state index is 12.2. The van der Waals surface area contributed by atoms with Crippen molar-refractivity contribution in [2.24, 2.45) is 5.92 Å². The first-order valence-electron chi connectivity index (χ1n) is 6.16.